The van der Waals surface area contributed by atoms with E-state index >= 15 is 0 Å². The molecular weight excluding hydrogens is 232 g/mol. The van der Waals surface area contributed by atoms with Gasteiger partial charge in [0.1, 0.15) is 0 Å². The van der Waals surface area contributed by atoms with E-state index in [0.717, 1.165) is 6.42 Å². The van der Waals surface area contributed by atoms with E-state index in [0.29, 0.717) is 5.69 Å². The molecule has 1 aromatic carbocycles. The summed E-state index contributed by atoms with van der Waals surface area (Å²) in [4.78, 5) is 22.6. The molecular formula is C13H16N2O3. The molecule has 1 aliphatic rings. The average molecular weight is 248 g/mol. The molecule has 96 valence electrons. The Bertz CT molecular complexity index is 523. The van der Waals surface area contributed by atoms with Crippen LogP contribution in [-0.2, 0) is 4.79 Å². The minimum atomic E-state index is -1.04. The zero-order valence-electron chi connectivity index (χ0n) is 10.4. The van der Waals surface area contributed by atoms with E-state index < -0.39 is 5.97 Å². The summed E-state index contributed by atoms with van der Waals surface area (Å²) in [5.74, 6) is -1.09. The Kier molecular flexibility index (Phi) is 2.77. The Balaban J connectivity index is 2.11. The van der Waals surface area contributed by atoms with E-state index in [1.54, 1.807) is 0 Å². The van der Waals surface area contributed by atoms with Gasteiger partial charge in [0.2, 0.25) is 5.91 Å². The van der Waals surface area contributed by atoms with E-state index in [1.165, 1.54) is 18.2 Å². The van der Waals surface area contributed by atoms with Crippen molar-refractivity contribution in [3.8, 4) is 0 Å². The Morgan fingerprint density at radius 1 is 1.44 bits per heavy atom. The third-order valence-electron chi connectivity index (χ3n) is 3.39. The number of anilines is 2. The van der Waals surface area contributed by atoms with Gasteiger partial charge < -0.3 is 16.2 Å². The smallest absolute Gasteiger partial charge is 0.335 e. The summed E-state index contributed by atoms with van der Waals surface area (Å²) in [6, 6.07) is 4.29. The summed E-state index contributed by atoms with van der Waals surface area (Å²) in [7, 11) is 0. The summed E-state index contributed by atoms with van der Waals surface area (Å²) >= 11 is 0. The normalized spacial score (nSPS) is 20.2. The van der Waals surface area contributed by atoms with Crippen LogP contribution in [0.3, 0.4) is 0 Å². The van der Waals surface area contributed by atoms with Crippen LogP contribution in [0.4, 0.5) is 11.4 Å². The van der Waals surface area contributed by atoms with Crippen molar-refractivity contribution >= 4 is 23.3 Å². The van der Waals surface area contributed by atoms with Crippen molar-refractivity contribution in [1.82, 2.24) is 0 Å². The topological polar surface area (TPSA) is 92.4 Å². The number of carboxylic acids is 1. The Hall–Kier alpha value is -2.04. The number of amides is 1. The number of aromatic carboxylic acids is 1. The Labute approximate surface area is 105 Å². The van der Waals surface area contributed by atoms with Gasteiger partial charge in [-0.15, -0.1) is 0 Å². The number of hydrogen-bond donors (Lipinski definition) is 3. The fourth-order valence-corrected chi connectivity index (χ4v) is 1.94. The first-order valence-corrected chi connectivity index (χ1v) is 5.75. The molecule has 0 spiro atoms. The van der Waals surface area contributed by atoms with Gasteiger partial charge in [-0.1, -0.05) is 13.8 Å². The summed E-state index contributed by atoms with van der Waals surface area (Å²) in [6.07, 6.45) is 0.867. The highest BCUT2D eigenvalue weighted by molar-refractivity contribution is 5.98. The van der Waals surface area contributed by atoms with Crippen LogP contribution in [0.1, 0.15) is 30.6 Å². The van der Waals surface area contributed by atoms with Crippen LogP contribution in [0, 0.1) is 11.3 Å². The van der Waals surface area contributed by atoms with Crippen molar-refractivity contribution in [1.29, 1.82) is 0 Å². The third kappa shape index (κ3) is 2.30. The van der Waals surface area contributed by atoms with Gasteiger partial charge in [-0.2, -0.15) is 0 Å². The number of nitrogens with one attached hydrogen (secondary N) is 1. The molecule has 1 amide bonds. The van der Waals surface area contributed by atoms with Gasteiger partial charge in [-0.3, -0.25) is 4.79 Å². The number of carbonyl (C=O) groups excluding carboxylic acids is 1. The molecule has 1 unspecified atom stereocenters. The maximum absolute atomic E-state index is 11.9. The molecule has 0 saturated heterocycles. The van der Waals surface area contributed by atoms with E-state index in [1.807, 2.05) is 13.8 Å². The maximum atomic E-state index is 11.9. The maximum Gasteiger partial charge on any atom is 0.335 e. The molecule has 0 aromatic heterocycles. The number of benzene rings is 1. The number of rotatable bonds is 3. The van der Waals surface area contributed by atoms with E-state index in [-0.39, 0.29) is 28.5 Å². The second-order valence-electron chi connectivity index (χ2n) is 5.34. The van der Waals surface area contributed by atoms with E-state index in [2.05, 4.69) is 5.32 Å². The Morgan fingerprint density at radius 2 is 2.06 bits per heavy atom. The monoisotopic (exact) mass is 248 g/mol. The lowest BCUT2D eigenvalue weighted by molar-refractivity contribution is -0.118. The number of nitrogens with two attached hydrogens (primary N) is 1. The molecule has 1 aliphatic carbocycles. The highest BCUT2D eigenvalue weighted by Crippen LogP contribution is 2.52. The fraction of sp³-hybridized carbons (Fsp3) is 0.385. The first kappa shape index (κ1) is 12.4. The standard InChI is InChI=1S/C13H16N2O3/c1-13(2)6-8(13)11(16)15-10-4-3-7(12(17)18)5-9(10)14/h3-5,8H,6,14H2,1-2H3,(H,15,16)(H,17,18). The van der Waals surface area contributed by atoms with Gasteiger partial charge in [0.25, 0.3) is 0 Å². The molecule has 5 nitrogen and oxygen atoms in total. The third-order valence-corrected chi connectivity index (χ3v) is 3.39. The van der Waals surface area contributed by atoms with Crippen molar-refractivity contribution in [3.63, 3.8) is 0 Å². The number of carboxylic acid groups (broad SMARTS) is 1. The lowest BCUT2D eigenvalue weighted by Gasteiger charge is -2.09. The first-order chi connectivity index (χ1) is 8.31. The zero-order chi connectivity index (χ0) is 13.5. The summed E-state index contributed by atoms with van der Waals surface area (Å²) in [5, 5.41) is 11.5. The van der Waals surface area contributed by atoms with Gasteiger partial charge in [0.15, 0.2) is 0 Å². The quantitative estimate of drug-likeness (QED) is 0.713. The Morgan fingerprint density at radius 3 is 2.50 bits per heavy atom. The fourth-order valence-electron chi connectivity index (χ4n) is 1.94. The second-order valence-corrected chi connectivity index (χ2v) is 5.34. The van der Waals surface area contributed by atoms with E-state index in [4.69, 9.17) is 10.8 Å². The van der Waals surface area contributed by atoms with Crippen molar-refractivity contribution < 1.29 is 14.7 Å². The van der Waals surface area contributed by atoms with Crippen LogP contribution in [0.15, 0.2) is 18.2 Å². The molecule has 1 atom stereocenters. The van der Waals surface area contributed by atoms with Gasteiger partial charge in [-0.25, -0.2) is 4.79 Å². The van der Waals surface area contributed by atoms with Crippen LogP contribution < -0.4 is 11.1 Å². The molecule has 0 aliphatic heterocycles. The van der Waals surface area contributed by atoms with Crippen molar-refractivity contribution in [2.45, 2.75) is 20.3 Å². The number of hydrogen-bond acceptors (Lipinski definition) is 3. The van der Waals surface area contributed by atoms with Crippen LogP contribution >= 0.6 is 0 Å². The molecule has 5 heteroatoms. The summed E-state index contributed by atoms with van der Waals surface area (Å²) in [5.41, 5.74) is 6.61. The van der Waals surface area contributed by atoms with Gasteiger partial charge in [-0.05, 0) is 30.0 Å². The molecule has 1 saturated carbocycles. The minimum absolute atomic E-state index is 0.0102. The molecule has 18 heavy (non-hydrogen) atoms. The van der Waals surface area contributed by atoms with E-state index in [9.17, 15) is 9.59 Å². The first-order valence-electron chi connectivity index (χ1n) is 5.75. The predicted octanol–water partition coefficient (Wildman–Crippen LogP) is 1.95. The van der Waals surface area contributed by atoms with Gasteiger partial charge in [0.05, 0.1) is 16.9 Å². The largest absolute Gasteiger partial charge is 0.478 e. The van der Waals surface area contributed by atoms with Crippen LogP contribution in [0.25, 0.3) is 0 Å². The zero-order valence-corrected chi connectivity index (χ0v) is 10.4. The van der Waals surface area contributed by atoms with Crippen molar-refractivity contribution in [2.75, 3.05) is 11.1 Å². The summed E-state index contributed by atoms with van der Waals surface area (Å²) in [6.45, 7) is 4.07. The second kappa shape index (κ2) is 4.01. The number of carbonyl (C=O) groups is 2. The minimum Gasteiger partial charge on any atom is -0.478 e. The molecule has 0 heterocycles. The highest BCUT2D eigenvalue weighted by atomic mass is 16.4. The summed E-state index contributed by atoms with van der Waals surface area (Å²) < 4.78 is 0. The molecule has 4 N–H and O–H groups in total. The van der Waals surface area contributed by atoms with Crippen LogP contribution in [0.2, 0.25) is 0 Å². The number of nitrogen functional groups attached to an aromatic ring is 1. The van der Waals surface area contributed by atoms with Crippen LogP contribution in [0.5, 0.6) is 0 Å². The van der Waals surface area contributed by atoms with Gasteiger partial charge in [0, 0.05) is 5.92 Å². The predicted molar refractivity (Wildman–Crippen MR) is 68.3 cm³/mol. The molecule has 1 aromatic rings. The lowest BCUT2D eigenvalue weighted by Crippen LogP contribution is -2.17. The van der Waals surface area contributed by atoms with Crippen LogP contribution in [-0.4, -0.2) is 17.0 Å². The average Bonchev–Trinajstić information content (AvgIpc) is 2.90. The lowest BCUT2D eigenvalue weighted by atomic mass is 10.1. The molecule has 0 bridgehead atoms. The highest BCUT2D eigenvalue weighted by Gasteiger charge is 2.50. The molecule has 0 radical (unpaired) electrons. The molecule has 1 fully saturated rings. The van der Waals surface area contributed by atoms with Crippen molar-refractivity contribution in [2.24, 2.45) is 11.3 Å². The molecule has 2 rings (SSSR count). The SMILES string of the molecule is CC1(C)CC1C(=O)Nc1ccc(C(=O)O)cc1N. The van der Waals surface area contributed by atoms with Crippen molar-refractivity contribution in [3.05, 3.63) is 23.8 Å². The van der Waals surface area contributed by atoms with Gasteiger partial charge >= 0.3 is 5.97 Å².